The standard InChI is InChI=1S/C7H16O3P/c1-2-3-4-5-6-7-11(8,9)10/h1-7H2,(H2,8,9,10). The third-order valence-electron chi connectivity index (χ3n) is 1.45. The van der Waals surface area contributed by atoms with Gasteiger partial charge in [-0.05, 0) is 6.42 Å². The number of hydrogen-bond donors (Lipinski definition) is 2. The van der Waals surface area contributed by atoms with E-state index in [0.717, 1.165) is 25.7 Å². The summed E-state index contributed by atoms with van der Waals surface area (Å²) in [5.41, 5.74) is 0. The van der Waals surface area contributed by atoms with Gasteiger partial charge in [-0.25, -0.2) is 0 Å². The minimum Gasteiger partial charge on any atom is -0.324 e. The Labute approximate surface area is 68.0 Å². The molecule has 0 aromatic carbocycles. The summed E-state index contributed by atoms with van der Waals surface area (Å²) < 4.78 is 10.3. The van der Waals surface area contributed by atoms with Gasteiger partial charge in [-0.1, -0.05) is 32.6 Å². The Morgan fingerprint density at radius 3 is 2.09 bits per heavy atom. The van der Waals surface area contributed by atoms with Crippen LogP contribution in [0.3, 0.4) is 0 Å². The molecule has 0 atom stereocenters. The van der Waals surface area contributed by atoms with Crippen LogP contribution in [0.2, 0.25) is 0 Å². The molecule has 0 aromatic heterocycles. The van der Waals surface area contributed by atoms with Gasteiger partial charge in [0.2, 0.25) is 0 Å². The third kappa shape index (κ3) is 10.2. The van der Waals surface area contributed by atoms with Crippen molar-refractivity contribution in [2.45, 2.75) is 32.1 Å². The van der Waals surface area contributed by atoms with E-state index in [9.17, 15) is 4.57 Å². The maximum atomic E-state index is 10.3. The van der Waals surface area contributed by atoms with Crippen molar-refractivity contribution in [2.75, 3.05) is 6.16 Å². The fourth-order valence-corrected chi connectivity index (χ4v) is 1.48. The number of unbranched alkanes of at least 4 members (excludes halogenated alkanes) is 4. The topological polar surface area (TPSA) is 57.5 Å². The summed E-state index contributed by atoms with van der Waals surface area (Å²) >= 11 is 0. The van der Waals surface area contributed by atoms with E-state index in [-0.39, 0.29) is 6.16 Å². The summed E-state index contributed by atoms with van der Waals surface area (Å²) in [5.74, 6) is 0. The first-order chi connectivity index (χ1) is 5.06. The van der Waals surface area contributed by atoms with E-state index in [1.165, 1.54) is 0 Å². The molecule has 0 spiro atoms. The first-order valence-electron chi connectivity index (χ1n) is 3.90. The minimum absolute atomic E-state index is 0.0319. The Hall–Kier alpha value is 0.150. The molecule has 3 nitrogen and oxygen atoms in total. The molecule has 0 aliphatic carbocycles. The zero-order valence-electron chi connectivity index (χ0n) is 6.70. The maximum Gasteiger partial charge on any atom is 0.325 e. The average molecular weight is 179 g/mol. The predicted molar refractivity (Wildman–Crippen MR) is 45.4 cm³/mol. The summed E-state index contributed by atoms with van der Waals surface area (Å²) in [7, 11) is -3.73. The molecule has 0 rings (SSSR count). The second-order valence-electron chi connectivity index (χ2n) is 2.66. The number of rotatable bonds is 6. The Kier molecular flexibility index (Phi) is 5.83. The van der Waals surface area contributed by atoms with E-state index >= 15 is 0 Å². The lowest BCUT2D eigenvalue weighted by Crippen LogP contribution is -1.87. The van der Waals surface area contributed by atoms with Gasteiger partial charge < -0.3 is 9.79 Å². The Balaban J connectivity index is 3.09. The van der Waals surface area contributed by atoms with Gasteiger partial charge in [-0.15, -0.1) is 0 Å². The summed E-state index contributed by atoms with van der Waals surface area (Å²) in [4.78, 5) is 16.9. The number of hydrogen-bond acceptors (Lipinski definition) is 1. The highest BCUT2D eigenvalue weighted by Gasteiger charge is 2.10. The lowest BCUT2D eigenvalue weighted by atomic mass is 10.2. The van der Waals surface area contributed by atoms with Gasteiger partial charge >= 0.3 is 7.60 Å². The van der Waals surface area contributed by atoms with Gasteiger partial charge in [0, 0.05) is 6.16 Å². The first kappa shape index (κ1) is 11.2. The maximum absolute atomic E-state index is 10.3. The molecule has 67 valence electrons. The van der Waals surface area contributed by atoms with Crippen LogP contribution in [0.15, 0.2) is 0 Å². The summed E-state index contributed by atoms with van der Waals surface area (Å²) in [6, 6.07) is 0. The summed E-state index contributed by atoms with van der Waals surface area (Å²) in [6.07, 6.45) is 4.57. The molecule has 0 unspecified atom stereocenters. The molecule has 0 saturated heterocycles. The normalized spacial score (nSPS) is 11.9. The quantitative estimate of drug-likeness (QED) is 0.484. The molecule has 0 bridgehead atoms. The van der Waals surface area contributed by atoms with E-state index in [2.05, 4.69) is 6.92 Å². The zero-order chi connectivity index (χ0) is 8.74. The van der Waals surface area contributed by atoms with Crippen LogP contribution in [0.25, 0.3) is 0 Å². The van der Waals surface area contributed by atoms with Crippen LogP contribution in [0, 0.1) is 6.92 Å². The SMILES string of the molecule is [CH2]CCCCCCP(=O)(O)O. The molecule has 0 aromatic rings. The van der Waals surface area contributed by atoms with Crippen molar-refractivity contribution >= 4 is 7.60 Å². The Morgan fingerprint density at radius 2 is 1.64 bits per heavy atom. The molecule has 4 heteroatoms. The van der Waals surface area contributed by atoms with E-state index in [1.54, 1.807) is 0 Å². The second kappa shape index (κ2) is 5.76. The van der Waals surface area contributed by atoms with Crippen LogP contribution in [-0.4, -0.2) is 15.9 Å². The highest BCUT2D eigenvalue weighted by Crippen LogP contribution is 2.35. The van der Waals surface area contributed by atoms with Crippen molar-refractivity contribution < 1.29 is 14.4 Å². The van der Waals surface area contributed by atoms with E-state index in [1.807, 2.05) is 0 Å². The van der Waals surface area contributed by atoms with Gasteiger partial charge in [0.1, 0.15) is 0 Å². The highest BCUT2D eigenvalue weighted by molar-refractivity contribution is 7.51. The molecular weight excluding hydrogens is 163 g/mol. The van der Waals surface area contributed by atoms with E-state index < -0.39 is 7.60 Å². The fourth-order valence-electron chi connectivity index (χ4n) is 0.848. The predicted octanol–water partition coefficient (Wildman–Crippen LogP) is 1.95. The molecule has 11 heavy (non-hydrogen) atoms. The van der Waals surface area contributed by atoms with Crippen LogP contribution < -0.4 is 0 Å². The van der Waals surface area contributed by atoms with Crippen LogP contribution >= 0.6 is 7.60 Å². The van der Waals surface area contributed by atoms with Crippen molar-refractivity contribution in [1.82, 2.24) is 0 Å². The first-order valence-corrected chi connectivity index (χ1v) is 5.70. The van der Waals surface area contributed by atoms with Crippen molar-refractivity contribution in [1.29, 1.82) is 0 Å². The fraction of sp³-hybridized carbons (Fsp3) is 0.857. The van der Waals surface area contributed by atoms with Crippen LogP contribution in [0.4, 0.5) is 0 Å². The van der Waals surface area contributed by atoms with Gasteiger partial charge in [0.15, 0.2) is 0 Å². The monoisotopic (exact) mass is 179 g/mol. The van der Waals surface area contributed by atoms with Crippen LogP contribution in [0.1, 0.15) is 32.1 Å². The van der Waals surface area contributed by atoms with Crippen molar-refractivity contribution in [2.24, 2.45) is 0 Å². The lowest BCUT2D eigenvalue weighted by Gasteiger charge is -2.02. The minimum atomic E-state index is -3.73. The molecule has 0 amide bonds. The van der Waals surface area contributed by atoms with Gasteiger partial charge in [-0.3, -0.25) is 4.57 Å². The van der Waals surface area contributed by atoms with E-state index in [0.29, 0.717) is 6.42 Å². The summed E-state index contributed by atoms with van der Waals surface area (Å²) in [5, 5.41) is 0. The average Bonchev–Trinajstić information content (AvgIpc) is 1.85. The third-order valence-corrected chi connectivity index (χ3v) is 2.35. The van der Waals surface area contributed by atoms with Crippen LogP contribution in [-0.2, 0) is 4.57 Å². The smallest absolute Gasteiger partial charge is 0.324 e. The molecular formula is C7H16O3P. The molecule has 0 aliphatic heterocycles. The Bertz CT molecular complexity index is 130. The van der Waals surface area contributed by atoms with Crippen molar-refractivity contribution in [3.05, 3.63) is 6.92 Å². The second-order valence-corrected chi connectivity index (χ2v) is 4.43. The van der Waals surface area contributed by atoms with Crippen LogP contribution in [0.5, 0.6) is 0 Å². The highest BCUT2D eigenvalue weighted by atomic mass is 31.2. The van der Waals surface area contributed by atoms with Crippen molar-refractivity contribution in [3.63, 3.8) is 0 Å². The molecule has 0 heterocycles. The van der Waals surface area contributed by atoms with E-state index in [4.69, 9.17) is 9.79 Å². The Morgan fingerprint density at radius 1 is 1.09 bits per heavy atom. The molecule has 2 N–H and O–H groups in total. The molecule has 1 radical (unpaired) electrons. The van der Waals surface area contributed by atoms with Gasteiger partial charge in [0.05, 0.1) is 0 Å². The van der Waals surface area contributed by atoms with Crippen molar-refractivity contribution in [3.8, 4) is 0 Å². The summed E-state index contributed by atoms with van der Waals surface area (Å²) in [6.45, 7) is 3.68. The molecule has 0 saturated carbocycles. The largest absolute Gasteiger partial charge is 0.325 e. The molecule has 0 fully saturated rings. The lowest BCUT2D eigenvalue weighted by molar-refractivity contribution is 0.370. The van der Waals surface area contributed by atoms with Gasteiger partial charge in [0.25, 0.3) is 0 Å². The molecule has 0 aliphatic rings. The zero-order valence-corrected chi connectivity index (χ0v) is 7.59. The van der Waals surface area contributed by atoms with Gasteiger partial charge in [-0.2, -0.15) is 0 Å².